The number of nitrogens with one attached hydrogen (secondary N) is 2. The number of aromatic nitrogens is 1. The van der Waals surface area contributed by atoms with Crippen LogP contribution < -0.4 is 10.6 Å². The molecule has 1 aliphatic rings. The van der Waals surface area contributed by atoms with Gasteiger partial charge in [0.05, 0.1) is 6.04 Å². The van der Waals surface area contributed by atoms with Gasteiger partial charge in [0.1, 0.15) is 6.04 Å². The molecular formula is C15H20F3N3O. The van der Waals surface area contributed by atoms with E-state index in [9.17, 15) is 18.0 Å². The molecule has 2 amide bonds. The van der Waals surface area contributed by atoms with Crippen molar-refractivity contribution >= 4 is 6.03 Å². The van der Waals surface area contributed by atoms with Crippen LogP contribution >= 0.6 is 0 Å². The lowest BCUT2D eigenvalue weighted by Gasteiger charge is -2.27. The van der Waals surface area contributed by atoms with Crippen molar-refractivity contribution in [2.24, 2.45) is 5.92 Å². The Bertz CT molecular complexity index is 487. The summed E-state index contributed by atoms with van der Waals surface area (Å²) in [6.45, 7) is 1.70. The average molecular weight is 315 g/mol. The third-order valence-corrected chi connectivity index (χ3v) is 4.04. The molecule has 1 fully saturated rings. The number of urea groups is 1. The van der Waals surface area contributed by atoms with Crippen LogP contribution in [0, 0.1) is 5.92 Å². The number of rotatable bonds is 4. The zero-order valence-corrected chi connectivity index (χ0v) is 12.4. The van der Waals surface area contributed by atoms with Gasteiger partial charge in [-0.2, -0.15) is 13.2 Å². The molecule has 0 saturated heterocycles. The molecule has 122 valence electrons. The zero-order chi connectivity index (χ0) is 16.2. The van der Waals surface area contributed by atoms with Gasteiger partial charge >= 0.3 is 12.2 Å². The summed E-state index contributed by atoms with van der Waals surface area (Å²) in [6.07, 6.45) is 1.31. The molecule has 2 rings (SSSR count). The number of amides is 2. The Labute approximate surface area is 127 Å². The normalized spacial score (nSPS) is 18.7. The Kier molecular flexibility index (Phi) is 5.26. The number of alkyl halides is 3. The minimum atomic E-state index is -4.43. The third kappa shape index (κ3) is 4.35. The molecule has 0 unspecified atom stereocenters. The number of nitrogens with zero attached hydrogens (tertiary/aromatic N) is 1. The van der Waals surface area contributed by atoms with Crippen molar-refractivity contribution in [2.45, 2.75) is 50.9 Å². The van der Waals surface area contributed by atoms with Crippen molar-refractivity contribution in [1.29, 1.82) is 0 Å². The standard InChI is InChI=1S/C15H20F3N3O/c1-10(12-7-4-8-19-9-12)20-14(22)21-13(15(16,17)18)11-5-2-3-6-11/h4,7-11,13H,2-3,5-6H2,1H3,(H2,20,21,22)/t10-,13-/m0/s1. The van der Waals surface area contributed by atoms with E-state index in [-0.39, 0.29) is 0 Å². The molecule has 0 aliphatic heterocycles. The maximum atomic E-state index is 13.1. The number of pyridine rings is 1. The van der Waals surface area contributed by atoms with E-state index in [4.69, 9.17) is 0 Å². The van der Waals surface area contributed by atoms with Crippen LogP contribution in [0.2, 0.25) is 0 Å². The molecule has 1 saturated carbocycles. The van der Waals surface area contributed by atoms with Gasteiger partial charge in [0.2, 0.25) is 0 Å². The second kappa shape index (κ2) is 6.98. The molecular weight excluding hydrogens is 295 g/mol. The molecule has 1 aromatic rings. The minimum absolute atomic E-state index is 0.411. The largest absolute Gasteiger partial charge is 0.408 e. The molecule has 0 spiro atoms. The van der Waals surface area contributed by atoms with Gasteiger partial charge in [-0.3, -0.25) is 4.98 Å². The van der Waals surface area contributed by atoms with Crippen LogP contribution in [0.1, 0.15) is 44.2 Å². The third-order valence-electron chi connectivity index (χ3n) is 4.04. The van der Waals surface area contributed by atoms with Crippen LogP contribution in [0.25, 0.3) is 0 Å². The number of hydrogen-bond donors (Lipinski definition) is 2. The van der Waals surface area contributed by atoms with E-state index in [1.807, 2.05) is 0 Å². The molecule has 1 aliphatic carbocycles. The first-order valence-corrected chi connectivity index (χ1v) is 7.41. The fourth-order valence-corrected chi connectivity index (χ4v) is 2.85. The Morgan fingerprint density at radius 1 is 1.32 bits per heavy atom. The summed E-state index contributed by atoms with van der Waals surface area (Å²) in [6, 6.07) is 0.478. The Morgan fingerprint density at radius 3 is 2.55 bits per heavy atom. The van der Waals surface area contributed by atoms with E-state index in [1.165, 1.54) is 0 Å². The van der Waals surface area contributed by atoms with Crippen LogP contribution in [0.5, 0.6) is 0 Å². The Hall–Kier alpha value is -1.79. The van der Waals surface area contributed by atoms with Crippen molar-refractivity contribution in [3.63, 3.8) is 0 Å². The summed E-state index contributed by atoms with van der Waals surface area (Å²) in [7, 11) is 0. The van der Waals surface area contributed by atoms with Crippen molar-refractivity contribution in [3.05, 3.63) is 30.1 Å². The van der Waals surface area contributed by atoms with E-state index < -0.39 is 30.2 Å². The van der Waals surface area contributed by atoms with E-state index >= 15 is 0 Å². The molecule has 0 aromatic carbocycles. The molecule has 2 N–H and O–H groups in total. The van der Waals surface area contributed by atoms with E-state index in [1.54, 1.807) is 31.5 Å². The molecule has 1 aromatic heterocycles. The monoisotopic (exact) mass is 315 g/mol. The molecule has 1 heterocycles. The van der Waals surface area contributed by atoms with Crippen LogP contribution in [0.15, 0.2) is 24.5 Å². The highest BCUT2D eigenvalue weighted by atomic mass is 19.4. The molecule has 0 bridgehead atoms. The maximum absolute atomic E-state index is 13.1. The summed E-state index contributed by atoms with van der Waals surface area (Å²) in [4.78, 5) is 15.8. The summed E-state index contributed by atoms with van der Waals surface area (Å²) < 4.78 is 39.4. The second-order valence-electron chi connectivity index (χ2n) is 5.69. The minimum Gasteiger partial charge on any atom is -0.332 e. The van der Waals surface area contributed by atoms with E-state index in [0.717, 1.165) is 18.4 Å². The summed E-state index contributed by atoms with van der Waals surface area (Å²) in [5, 5.41) is 4.64. The van der Waals surface area contributed by atoms with Crippen molar-refractivity contribution in [2.75, 3.05) is 0 Å². The van der Waals surface area contributed by atoms with Gasteiger partial charge in [-0.15, -0.1) is 0 Å². The highest BCUT2D eigenvalue weighted by molar-refractivity contribution is 5.74. The van der Waals surface area contributed by atoms with Gasteiger partial charge in [0.25, 0.3) is 0 Å². The van der Waals surface area contributed by atoms with E-state index in [0.29, 0.717) is 12.8 Å². The summed E-state index contributed by atoms with van der Waals surface area (Å²) in [5.74, 6) is -0.528. The van der Waals surface area contributed by atoms with Crippen molar-refractivity contribution < 1.29 is 18.0 Å². The lowest BCUT2D eigenvalue weighted by atomic mass is 9.98. The van der Waals surface area contributed by atoms with Crippen LogP contribution in [0.3, 0.4) is 0 Å². The summed E-state index contributed by atoms with van der Waals surface area (Å²) in [5.41, 5.74) is 0.738. The predicted molar refractivity (Wildman–Crippen MR) is 76.1 cm³/mol. The topological polar surface area (TPSA) is 54.0 Å². The molecule has 2 atom stereocenters. The molecule has 22 heavy (non-hydrogen) atoms. The van der Waals surface area contributed by atoms with Gasteiger partial charge < -0.3 is 10.6 Å². The maximum Gasteiger partial charge on any atom is 0.408 e. The van der Waals surface area contributed by atoms with Crippen LogP contribution in [-0.2, 0) is 0 Å². The first-order chi connectivity index (χ1) is 10.4. The lowest BCUT2D eigenvalue weighted by Crippen LogP contribution is -2.52. The van der Waals surface area contributed by atoms with Gasteiger partial charge in [0, 0.05) is 12.4 Å². The van der Waals surface area contributed by atoms with Gasteiger partial charge in [0.15, 0.2) is 0 Å². The smallest absolute Gasteiger partial charge is 0.332 e. The summed E-state index contributed by atoms with van der Waals surface area (Å²) >= 11 is 0. The molecule has 7 heteroatoms. The second-order valence-corrected chi connectivity index (χ2v) is 5.69. The number of carbonyl (C=O) groups excluding carboxylic acids is 1. The number of hydrogen-bond acceptors (Lipinski definition) is 2. The molecule has 4 nitrogen and oxygen atoms in total. The fourth-order valence-electron chi connectivity index (χ4n) is 2.85. The lowest BCUT2D eigenvalue weighted by molar-refractivity contribution is -0.164. The van der Waals surface area contributed by atoms with Crippen LogP contribution in [0.4, 0.5) is 18.0 Å². The predicted octanol–water partition coefficient (Wildman–Crippen LogP) is 3.56. The van der Waals surface area contributed by atoms with Crippen molar-refractivity contribution in [3.8, 4) is 0 Å². The number of halogens is 3. The van der Waals surface area contributed by atoms with E-state index in [2.05, 4.69) is 15.6 Å². The SMILES string of the molecule is C[C@H](NC(=O)N[C@@H](C1CCCC1)C(F)(F)F)c1cccnc1. The van der Waals surface area contributed by atoms with Crippen LogP contribution in [-0.4, -0.2) is 23.2 Å². The van der Waals surface area contributed by atoms with Crippen molar-refractivity contribution in [1.82, 2.24) is 15.6 Å². The Morgan fingerprint density at radius 2 is 2.00 bits per heavy atom. The Balaban J connectivity index is 1.96. The first kappa shape index (κ1) is 16.6. The average Bonchev–Trinajstić information content (AvgIpc) is 2.98. The molecule has 0 radical (unpaired) electrons. The zero-order valence-electron chi connectivity index (χ0n) is 12.4. The highest BCUT2D eigenvalue weighted by Crippen LogP contribution is 2.35. The first-order valence-electron chi connectivity index (χ1n) is 7.41. The number of carbonyl (C=O) groups is 1. The quantitative estimate of drug-likeness (QED) is 0.892. The fraction of sp³-hybridized carbons (Fsp3) is 0.600. The highest BCUT2D eigenvalue weighted by Gasteiger charge is 2.46. The van der Waals surface area contributed by atoms with Gasteiger partial charge in [-0.1, -0.05) is 18.9 Å². The van der Waals surface area contributed by atoms with Gasteiger partial charge in [-0.05, 0) is 37.3 Å². The van der Waals surface area contributed by atoms with Gasteiger partial charge in [-0.25, -0.2) is 4.79 Å².